The number of benzene rings is 2. The number of carbonyl (C=O) groups excluding carboxylic acids is 1. The van der Waals surface area contributed by atoms with Crippen molar-refractivity contribution in [3.63, 3.8) is 0 Å². The van der Waals surface area contributed by atoms with Gasteiger partial charge in [0.1, 0.15) is 0 Å². The van der Waals surface area contributed by atoms with Crippen LogP contribution in [0.2, 0.25) is 0 Å². The van der Waals surface area contributed by atoms with Gasteiger partial charge in [0.15, 0.2) is 0 Å². The Hall–Kier alpha value is -1.84. The number of hydrogen-bond donors (Lipinski definition) is 2. The molecule has 0 spiro atoms. The van der Waals surface area contributed by atoms with Crippen LogP contribution in [0.15, 0.2) is 60.7 Å². The van der Waals surface area contributed by atoms with E-state index in [1.54, 1.807) is 0 Å². The van der Waals surface area contributed by atoms with Crippen molar-refractivity contribution < 1.29 is 4.79 Å². The third-order valence-electron chi connectivity index (χ3n) is 4.00. The molecular weight excluding hydrogens is 272 g/mol. The zero-order valence-corrected chi connectivity index (χ0v) is 11.8. The molecule has 0 aromatic heterocycles. The fourth-order valence-electron chi connectivity index (χ4n) is 2.96. The van der Waals surface area contributed by atoms with Gasteiger partial charge in [-0.25, -0.2) is 5.84 Å². The predicted molar refractivity (Wildman–Crippen MR) is 81.3 cm³/mol. The van der Waals surface area contributed by atoms with E-state index in [9.17, 15) is 4.79 Å². The van der Waals surface area contributed by atoms with Crippen molar-refractivity contribution in [3.8, 4) is 0 Å². The molecule has 0 bridgehead atoms. The van der Waals surface area contributed by atoms with Gasteiger partial charge >= 0.3 is 0 Å². The van der Waals surface area contributed by atoms with Crippen LogP contribution in [0, 0.1) is 5.92 Å². The Morgan fingerprint density at radius 1 is 1.00 bits per heavy atom. The quantitative estimate of drug-likeness (QED) is 0.518. The summed E-state index contributed by atoms with van der Waals surface area (Å²) >= 11 is 0. The number of carbonyl (C=O) groups is 1. The highest BCUT2D eigenvalue weighted by molar-refractivity contribution is 5.85. The standard InChI is InChI=1S/C16H16N2O.ClH/c17-18-15(19)14-11-16(14,12-7-3-1-4-8-12)13-9-5-2-6-10-13;/h1-10,14H,11,17H2,(H,18,19);1H. The van der Waals surface area contributed by atoms with Crippen molar-refractivity contribution in [1.29, 1.82) is 0 Å². The van der Waals surface area contributed by atoms with Crippen LogP contribution in [0.3, 0.4) is 0 Å². The molecule has 1 saturated carbocycles. The average molecular weight is 289 g/mol. The smallest absolute Gasteiger partial charge is 0.238 e. The lowest BCUT2D eigenvalue weighted by Gasteiger charge is -2.18. The molecule has 1 aliphatic carbocycles. The maximum Gasteiger partial charge on any atom is 0.238 e. The summed E-state index contributed by atoms with van der Waals surface area (Å²) in [5.74, 6) is 5.12. The number of rotatable bonds is 3. The van der Waals surface area contributed by atoms with Crippen molar-refractivity contribution >= 4 is 18.3 Å². The molecule has 3 N–H and O–H groups in total. The van der Waals surface area contributed by atoms with Gasteiger partial charge in [0, 0.05) is 5.41 Å². The van der Waals surface area contributed by atoms with Gasteiger partial charge in [0.05, 0.1) is 5.92 Å². The first-order chi connectivity index (χ1) is 9.29. The summed E-state index contributed by atoms with van der Waals surface area (Å²) in [5, 5.41) is 0. The first-order valence-electron chi connectivity index (χ1n) is 6.40. The molecular formula is C16H17ClN2O. The summed E-state index contributed by atoms with van der Waals surface area (Å²) in [7, 11) is 0. The van der Waals surface area contributed by atoms with Gasteiger partial charge in [-0.2, -0.15) is 0 Å². The van der Waals surface area contributed by atoms with Crippen molar-refractivity contribution in [2.24, 2.45) is 11.8 Å². The van der Waals surface area contributed by atoms with Crippen LogP contribution in [-0.4, -0.2) is 5.91 Å². The first kappa shape index (κ1) is 14.6. The molecule has 0 saturated heterocycles. The van der Waals surface area contributed by atoms with E-state index in [1.165, 1.54) is 11.1 Å². The number of nitrogens with two attached hydrogens (primary N) is 1. The summed E-state index contributed by atoms with van der Waals surface area (Å²) in [6, 6.07) is 20.3. The van der Waals surface area contributed by atoms with E-state index in [4.69, 9.17) is 5.84 Å². The molecule has 1 atom stereocenters. The van der Waals surface area contributed by atoms with Crippen LogP contribution >= 0.6 is 12.4 Å². The average Bonchev–Trinajstić information content (AvgIpc) is 3.25. The summed E-state index contributed by atoms with van der Waals surface area (Å²) in [6.45, 7) is 0. The van der Waals surface area contributed by atoms with E-state index < -0.39 is 0 Å². The van der Waals surface area contributed by atoms with Gasteiger partial charge < -0.3 is 0 Å². The maximum absolute atomic E-state index is 11.9. The highest BCUT2D eigenvalue weighted by Crippen LogP contribution is 2.58. The number of amides is 1. The lowest BCUT2D eigenvalue weighted by Crippen LogP contribution is -2.34. The second-order valence-corrected chi connectivity index (χ2v) is 4.97. The number of halogens is 1. The number of hydrazine groups is 1. The van der Waals surface area contributed by atoms with Gasteiger partial charge in [0.25, 0.3) is 0 Å². The van der Waals surface area contributed by atoms with Crippen LogP contribution in [-0.2, 0) is 10.2 Å². The molecule has 0 radical (unpaired) electrons. The van der Waals surface area contributed by atoms with E-state index >= 15 is 0 Å². The Morgan fingerprint density at radius 2 is 1.45 bits per heavy atom. The number of nitrogens with one attached hydrogen (secondary N) is 1. The Morgan fingerprint density at radius 3 is 1.85 bits per heavy atom. The maximum atomic E-state index is 11.9. The van der Waals surface area contributed by atoms with Crippen molar-refractivity contribution in [2.45, 2.75) is 11.8 Å². The van der Waals surface area contributed by atoms with Gasteiger partial charge in [-0.05, 0) is 17.5 Å². The highest BCUT2D eigenvalue weighted by atomic mass is 35.5. The molecule has 3 rings (SSSR count). The molecule has 104 valence electrons. The van der Waals surface area contributed by atoms with Crippen LogP contribution < -0.4 is 11.3 Å². The third-order valence-corrected chi connectivity index (χ3v) is 4.00. The van der Waals surface area contributed by atoms with Crippen molar-refractivity contribution in [3.05, 3.63) is 71.8 Å². The molecule has 1 aliphatic rings. The predicted octanol–water partition coefficient (Wildman–Crippen LogP) is 2.40. The van der Waals surface area contributed by atoms with Gasteiger partial charge in [-0.1, -0.05) is 60.7 Å². The highest BCUT2D eigenvalue weighted by Gasteiger charge is 2.60. The third kappa shape index (κ3) is 2.19. The molecule has 0 heterocycles. The second-order valence-electron chi connectivity index (χ2n) is 4.97. The topological polar surface area (TPSA) is 55.1 Å². The molecule has 3 nitrogen and oxygen atoms in total. The molecule has 4 heteroatoms. The minimum Gasteiger partial charge on any atom is -0.294 e. The largest absolute Gasteiger partial charge is 0.294 e. The zero-order valence-electron chi connectivity index (χ0n) is 11.0. The zero-order chi connectivity index (χ0) is 13.3. The van der Waals surface area contributed by atoms with Crippen LogP contribution in [0.4, 0.5) is 0 Å². The van der Waals surface area contributed by atoms with E-state index in [2.05, 4.69) is 29.7 Å². The monoisotopic (exact) mass is 288 g/mol. The summed E-state index contributed by atoms with van der Waals surface area (Å²) in [6.07, 6.45) is 0.810. The molecule has 1 fully saturated rings. The van der Waals surface area contributed by atoms with E-state index in [1.807, 2.05) is 36.4 Å². The van der Waals surface area contributed by atoms with Crippen LogP contribution in [0.5, 0.6) is 0 Å². The molecule has 1 amide bonds. The summed E-state index contributed by atoms with van der Waals surface area (Å²) in [4.78, 5) is 11.9. The Kier molecular flexibility index (Phi) is 4.12. The molecule has 1 unspecified atom stereocenters. The normalized spacial score (nSPS) is 18.8. The van der Waals surface area contributed by atoms with Crippen LogP contribution in [0.1, 0.15) is 17.5 Å². The van der Waals surface area contributed by atoms with Crippen LogP contribution in [0.25, 0.3) is 0 Å². The van der Waals surface area contributed by atoms with E-state index in [0.717, 1.165) is 6.42 Å². The summed E-state index contributed by atoms with van der Waals surface area (Å²) in [5.41, 5.74) is 4.42. The van der Waals surface area contributed by atoms with Gasteiger partial charge in [0.2, 0.25) is 5.91 Å². The lowest BCUT2D eigenvalue weighted by molar-refractivity contribution is -0.122. The molecule has 0 aliphatic heterocycles. The van der Waals surface area contributed by atoms with Gasteiger partial charge in [-0.15, -0.1) is 12.4 Å². The number of hydrogen-bond acceptors (Lipinski definition) is 2. The second kappa shape index (κ2) is 5.65. The van der Waals surface area contributed by atoms with Crippen molar-refractivity contribution in [1.82, 2.24) is 5.43 Å². The Balaban J connectivity index is 0.00000147. The Labute approximate surface area is 124 Å². The molecule has 2 aromatic rings. The molecule has 2 aromatic carbocycles. The SMILES string of the molecule is Cl.NNC(=O)C1CC1(c1ccccc1)c1ccccc1. The Bertz CT molecular complexity index is 546. The van der Waals surface area contributed by atoms with Crippen molar-refractivity contribution in [2.75, 3.05) is 0 Å². The summed E-state index contributed by atoms with van der Waals surface area (Å²) < 4.78 is 0. The molecule has 20 heavy (non-hydrogen) atoms. The fourth-order valence-corrected chi connectivity index (χ4v) is 2.96. The van der Waals surface area contributed by atoms with E-state index in [0.29, 0.717) is 0 Å². The van der Waals surface area contributed by atoms with E-state index in [-0.39, 0.29) is 29.6 Å². The first-order valence-corrected chi connectivity index (χ1v) is 6.40. The lowest BCUT2D eigenvalue weighted by atomic mass is 9.85. The fraction of sp³-hybridized carbons (Fsp3) is 0.188. The minimum atomic E-state index is -0.216. The minimum absolute atomic E-state index is 0. The van der Waals surface area contributed by atoms with Gasteiger partial charge in [-0.3, -0.25) is 10.2 Å².